The van der Waals surface area contributed by atoms with Crippen molar-refractivity contribution in [2.75, 3.05) is 26.2 Å². The van der Waals surface area contributed by atoms with E-state index < -0.39 is 31.0 Å². The SMILES string of the molecule is CC(C)N(CCCO)C(=O)N(CC(N)=O)CC(=O)O. The van der Waals surface area contributed by atoms with Gasteiger partial charge in [-0.25, -0.2) is 4.79 Å². The molecule has 0 spiro atoms. The van der Waals surface area contributed by atoms with Crippen molar-refractivity contribution in [2.45, 2.75) is 26.3 Å². The number of carboxylic acids is 1. The van der Waals surface area contributed by atoms with Crippen LogP contribution in [0.25, 0.3) is 0 Å². The molecule has 0 radical (unpaired) electrons. The first-order valence-corrected chi connectivity index (χ1v) is 5.96. The van der Waals surface area contributed by atoms with E-state index in [4.69, 9.17) is 15.9 Å². The van der Waals surface area contributed by atoms with Gasteiger partial charge in [0.1, 0.15) is 13.1 Å². The number of aliphatic hydroxyl groups is 1. The molecule has 0 aliphatic carbocycles. The average Bonchev–Trinajstić information content (AvgIpc) is 2.26. The average molecular weight is 275 g/mol. The molecular formula is C11H21N3O5. The maximum absolute atomic E-state index is 12.2. The maximum Gasteiger partial charge on any atom is 0.323 e. The van der Waals surface area contributed by atoms with Crippen molar-refractivity contribution >= 4 is 17.9 Å². The Morgan fingerprint density at radius 2 is 1.79 bits per heavy atom. The number of nitrogens with two attached hydrogens (primary N) is 1. The summed E-state index contributed by atoms with van der Waals surface area (Å²) in [5, 5.41) is 17.5. The predicted molar refractivity (Wildman–Crippen MR) is 67.3 cm³/mol. The van der Waals surface area contributed by atoms with Gasteiger partial charge < -0.3 is 25.7 Å². The van der Waals surface area contributed by atoms with Crippen LogP contribution in [0.5, 0.6) is 0 Å². The molecule has 0 aliphatic rings. The van der Waals surface area contributed by atoms with Gasteiger partial charge in [0.2, 0.25) is 5.91 Å². The number of nitrogens with zero attached hydrogens (tertiary/aromatic N) is 2. The molecule has 19 heavy (non-hydrogen) atoms. The smallest absolute Gasteiger partial charge is 0.323 e. The summed E-state index contributed by atoms with van der Waals surface area (Å²) in [6.45, 7) is 2.68. The molecule has 3 amide bonds. The lowest BCUT2D eigenvalue weighted by Crippen LogP contribution is -2.51. The molecule has 0 aliphatic heterocycles. The number of primary amides is 1. The Bertz CT molecular complexity index is 316. The standard InChI is InChI=1S/C11H21N3O5/c1-8(2)14(4-3-5-15)11(19)13(6-9(12)16)7-10(17)18/h8,15H,3-7H2,1-2H3,(H2,12,16)(H,17,18). The number of amides is 3. The third kappa shape index (κ3) is 6.61. The van der Waals surface area contributed by atoms with E-state index in [0.717, 1.165) is 4.90 Å². The molecule has 0 atom stereocenters. The minimum atomic E-state index is -1.22. The van der Waals surface area contributed by atoms with Gasteiger partial charge in [0.25, 0.3) is 0 Å². The van der Waals surface area contributed by atoms with Gasteiger partial charge in [0.15, 0.2) is 0 Å². The molecule has 0 rings (SSSR count). The van der Waals surface area contributed by atoms with E-state index in [9.17, 15) is 14.4 Å². The summed E-state index contributed by atoms with van der Waals surface area (Å²) >= 11 is 0. The van der Waals surface area contributed by atoms with Crippen molar-refractivity contribution in [3.05, 3.63) is 0 Å². The van der Waals surface area contributed by atoms with E-state index in [2.05, 4.69) is 0 Å². The Labute approximate surface area is 111 Å². The second-order valence-electron chi connectivity index (χ2n) is 4.36. The van der Waals surface area contributed by atoms with Crippen LogP contribution in [-0.2, 0) is 9.59 Å². The van der Waals surface area contributed by atoms with Crippen LogP contribution in [0.1, 0.15) is 20.3 Å². The van der Waals surface area contributed by atoms with Crippen LogP contribution in [-0.4, -0.2) is 70.2 Å². The van der Waals surface area contributed by atoms with E-state index in [1.807, 2.05) is 0 Å². The van der Waals surface area contributed by atoms with Crippen LogP contribution in [0.2, 0.25) is 0 Å². The first-order valence-electron chi connectivity index (χ1n) is 5.96. The largest absolute Gasteiger partial charge is 0.480 e. The van der Waals surface area contributed by atoms with Gasteiger partial charge in [-0.2, -0.15) is 0 Å². The summed E-state index contributed by atoms with van der Waals surface area (Å²) in [4.78, 5) is 36.0. The first-order chi connectivity index (χ1) is 8.79. The summed E-state index contributed by atoms with van der Waals surface area (Å²) in [6, 6.07) is -0.757. The van der Waals surface area contributed by atoms with Gasteiger partial charge in [-0.1, -0.05) is 0 Å². The van der Waals surface area contributed by atoms with Crippen molar-refractivity contribution in [3.63, 3.8) is 0 Å². The molecule has 0 fully saturated rings. The van der Waals surface area contributed by atoms with Gasteiger partial charge in [0.05, 0.1) is 0 Å². The van der Waals surface area contributed by atoms with E-state index in [1.165, 1.54) is 4.90 Å². The predicted octanol–water partition coefficient (Wildman–Crippen LogP) is -0.929. The number of aliphatic carboxylic acids is 1. The summed E-state index contributed by atoms with van der Waals surface area (Å²) in [5.74, 6) is -2.00. The molecule has 0 aromatic heterocycles. The highest BCUT2D eigenvalue weighted by molar-refractivity contribution is 5.86. The van der Waals surface area contributed by atoms with Gasteiger partial charge in [-0.15, -0.1) is 0 Å². The molecule has 0 aromatic carbocycles. The molecule has 8 heteroatoms. The Morgan fingerprint density at radius 1 is 1.21 bits per heavy atom. The summed E-state index contributed by atoms with van der Waals surface area (Å²) in [6.07, 6.45) is 0.376. The monoisotopic (exact) mass is 275 g/mol. The molecule has 0 saturated carbocycles. The van der Waals surface area contributed by atoms with Crippen LogP contribution in [0, 0.1) is 0 Å². The van der Waals surface area contributed by atoms with Crippen LogP contribution in [0.3, 0.4) is 0 Å². The number of aliphatic hydroxyl groups excluding tert-OH is 1. The Kier molecular flexibility index (Phi) is 7.50. The van der Waals surface area contributed by atoms with Crippen molar-refractivity contribution in [1.82, 2.24) is 9.80 Å². The van der Waals surface area contributed by atoms with Crippen molar-refractivity contribution in [1.29, 1.82) is 0 Å². The maximum atomic E-state index is 12.2. The fraction of sp³-hybridized carbons (Fsp3) is 0.727. The molecule has 4 N–H and O–H groups in total. The first kappa shape index (κ1) is 17.2. The Balaban J connectivity index is 4.88. The quantitative estimate of drug-likeness (QED) is 0.528. The van der Waals surface area contributed by atoms with E-state index in [1.54, 1.807) is 13.8 Å². The second-order valence-corrected chi connectivity index (χ2v) is 4.36. The number of carbonyl (C=O) groups is 3. The van der Waals surface area contributed by atoms with Crippen molar-refractivity contribution in [2.24, 2.45) is 5.73 Å². The lowest BCUT2D eigenvalue weighted by Gasteiger charge is -2.31. The highest BCUT2D eigenvalue weighted by atomic mass is 16.4. The number of hydrogen-bond acceptors (Lipinski definition) is 4. The van der Waals surface area contributed by atoms with E-state index in [-0.39, 0.29) is 19.2 Å². The number of hydrogen-bond donors (Lipinski definition) is 3. The van der Waals surface area contributed by atoms with Crippen LogP contribution >= 0.6 is 0 Å². The third-order valence-electron chi connectivity index (χ3n) is 2.37. The zero-order valence-electron chi connectivity index (χ0n) is 11.2. The molecule has 0 saturated heterocycles. The van der Waals surface area contributed by atoms with Crippen LogP contribution in [0.4, 0.5) is 4.79 Å². The van der Waals surface area contributed by atoms with E-state index in [0.29, 0.717) is 6.42 Å². The fourth-order valence-electron chi connectivity index (χ4n) is 1.54. The van der Waals surface area contributed by atoms with Crippen molar-refractivity contribution in [3.8, 4) is 0 Å². The molecule has 8 nitrogen and oxygen atoms in total. The normalized spacial score (nSPS) is 10.3. The lowest BCUT2D eigenvalue weighted by atomic mass is 10.3. The van der Waals surface area contributed by atoms with E-state index >= 15 is 0 Å². The molecule has 110 valence electrons. The number of urea groups is 1. The van der Waals surface area contributed by atoms with Gasteiger partial charge in [-0.3, -0.25) is 9.59 Å². The summed E-state index contributed by atoms with van der Waals surface area (Å²) < 4.78 is 0. The number of carbonyl (C=O) groups excluding carboxylic acids is 2. The zero-order chi connectivity index (χ0) is 15.0. The molecule has 0 bridgehead atoms. The minimum Gasteiger partial charge on any atom is -0.480 e. The minimum absolute atomic E-state index is 0.0781. The molecule has 0 heterocycles. The highest BCUT2D eigenvalue weighted by Gasteiger charge is 2.25. The highest BCUT2D eigenvalue weighted by Crippen LogP contribution is 2.06. The van der Waals surface area contributed by atoms with Gasteiger partial charge in [0, 0.05) is 19.2 Å². The molecular weight excluding hydrogens is 254 g/mol. The van der Waals surface area contributed by atoms with Crippen LogP contribution < -0.4 is 5.73 Å². The summed E-state index contributed by atoms with van der Waals surface area (Å²) in [5.41, 5.74) is 5.00. The van der Waals surface area contributed by atoms with Crippen LogP contribution in [0.15, 0.2) is 0 Å². The Hall–Kier alpha value is -1.83. The molecule has 0 aromatic rings. The van der Waals surface area contributed by atoms with Gasteiger partial charge >= 0.3 is 12.0 Å². The fourth-order valence-corrected chi connectivity index (χ4v) is 1.54. The number of rotatable bonds is 8. The summed E-state index contributed by atoms with van der Waals surface area (Å²) in [7, 11) is 0. The third-order valence-corrected chi connectivity index (χ3v) is 2.37. The lowest BCUT2D eigenvalue weighted by molar-refractivity contribution is -0.138. The second kappa shape index (κ2) is 8.30. The number of carboxylic acid groups (broad SMARTS) is 1. The topological polar surface area (TPSA) is 124 Å². The van der Waals surface area contributed by atoms with Gasteiger partial charge in [-0.05, 0) is 20.3 Å². The molecule has 0 unspecified atom stereocenters. The zero-order valence-corrected chi connectivity index (χ0v) is 11.2. The van der Waals surface area contributed by atoms with Crippen molar-refractivity contribution < 1.29 is 24.6 Å². The Morgan fingerprint density at radius 3 is 2.16 bits per heavy atom.